The van der Waals surface area contributed by atoms with Crippen molar-refractivity contribution in [2.45, 2.75) is 31.8 Å². The van der Waals surface area contributed by atoms with E-state index >= 15 is 0 Å². The molecule has 1 saturated heterocycles. The maximum atomic E-state index is 12.5. The van der Waals surface area contributed by atoms with Gasteiger partial charge in [-0.05, 0) is 54.6 Å². The summed E-state index contributed by atoms with van der Waals surface area (Å²) in [5.74, 6) is 0.443. The smallest absolute Gasteiger partial charge is 0.255 e. The number of rotatable bonds is 5. The molecule has 2 aromatic heterocycles. The van der Waals surface area contributed by atoms with E-state index < -0.39 is 5.60 Å². The van der Waals surface area contributed by atoms with Crippen LogP contribution in [0.1, 0.15) is 42.1 Å². The van der Waals surface area contributed by atoms with Crippen LogP contribution in [0.3, 0.4) is 0 Å². The summed E-state index contributed by atoms with van der Waals surface area (Å²) >= 11 is 7.83. The van der Waals surface area contributed by atoms with Crippen molar-refractivity contribution >= 4 is 34.7 Å². The van der Waals surface area contributed by atoms with Crippen molar-refractivity contribution in [2.24, 2.45) is 0 Å². The van der Waals surface area contributed by atoms with Gasteiger partial charge in [-0.2, -0.15) is 11.3 Å². The van der Waals surface area contributed by atoms with Crippen LogP contribution in [-0.4, -0.2) is 40.5 Å². The van der Waals surface area contributed by atoms with Crippen LogP contribution in [0.2, 0.25) is 5.02 Å². The molecule has 0 spiro atoms. The number of nitrogens with zero attached hydrogens (tertiary/aromatic N) is 2. The highest BCUT2D eigenvalue weighted by Gasteiger charge is 2.24. The quantitative estimate of drug-likeness (QED) is 0.830. The number of thiophene rings is 1. The molecule has 1 fully saturated rings. The molecule has 134 valence electrons. The molecule has 7 heteroatoms. The highest BCUT2D eigenvalue weighted by molar-refractivity contribution is 7.08. The Labute approximate surface area is 156 Å². The number of pyridine rings is 1. The molecule has 2 aromatic rings. The number of carbonyl (C=O) groups is 1. The van der Waals surface area contributed by atoms with Crippen LogP contribution in [0.4, 0.5) is 5.82 Å². The summed E-state index contributed by atoms with van der Waals surface area (Å²) in [5, 5.41) is 17.8. The summed E-state index contributed by atoms with van der Waals surface area (Å²) in [5.41, 5.74) is 0.327. The molecule has 0 aromatic carbocycles. The molecule has 0 bridgehead atoms. The molecule has 0 aliphatic carbocycles. The van der Waals surface area contributed by atoms with Gasteiger partial charge in [0.25, 0.3) is 5.91 Å². The number of halogens is 1. The molecule has 5 nitrogen and oxygen atoms in total. The van der Waals surface area contributed by atoms with E-state index in [9.17, 15) is 9.90 Å². The number of piperidine rings is 1. The number of hydrogen-bond donors (Lipinski definition) is 2. The van der Waals surface area contributed by atoms with Gasteiger partial charge in [-0.15, -0.1) is 0 Å². The van der Waals surface area contributed by atoms with E-state index in [0.29, 0.717) is 16.4 Å². The first-order chi connectivity index (χ1) is 12.0. The van der Waals surface area contributed by atoms with E-state index in [0.717, 1.165) is 31.5 Å². The fourth-order valence-electron chi connectivity index (χ4n) is 2.89. The molecule has 25 heavy (non-hydrogen) atoms. The van der Waals surface area contributed by atoms with E-state index in [1.807, 2.05) is 21.7 Å². The van der Waals surface area contributed by atoms with Crippen molar-refractivity contribution in [2.75, 3.05) is 25.0 Å². The SMILES string of the molecule is CC(O)(CNc1ncc(C(=O)N2CCCCC2)cc1Cl)c1ccsc1. The second-order valence-electron chi connectivity index (χ2n) is 6.55. The number of anilines is 1. The van der Waals surface area contributed by atoms with Crippen molar-refractivity contribution in [3.8, 4) is 0 Å². The summed E-state index contributed by atoms with van der Waals surface area (Å²) in [7, 11) is 0. The van der Waals surface area contributed by atoms with Crippen molar-refractivity contribution in [1.29, 1.82) is 0 Å². The molecular formula is C18H22ClN3O2S. The van der Waals surface area contributed by atoms with Gasteiger partial charge in [0.1, 0.15) is 11.4 Å². The average molecular weight is 380 g/mol. The average Bonchev–Trinajstić information content (AvgIpc) is 3.16. The fourth-order valence-corrected chi connectivity index (χ4v) is 3.91. The zero-order valence-electron chi connectivity index (χ0n) is 14.2. The largest absolute Gasteiger partial charge is 0.384 e. The minimum atomic E-state index is -1.02. The van der Waals surface area contributed by atoms with Crippen LogP contribution in [0.25, 0.3) is 0 Å². The molecule has 3 rings (SSSR count). The molecule has 1 aliphatic heterocycles. The van der Waals surface area contributed by atoms with Crippen LogP contribution in [0.15, 0.2) is 29.1 Å². The molecule has 1 aliphatic rings. The Morgan fingerprint density at radius 1 is 1.44 bits per heavy atom. The predicted molar refractivity (Wildman–Crippen MR) is 101 cm³/mol. The van der Waals surface area contributed by atoms with E-state index in [-0.39, 0.29) is 12.5 Å². The first-order valence-electron chi connectivity index (χ1n) is 8.41. The summed E-state index contributed by atoms with van der Waals surface area (Å²) in [6.07, 6.45) is 4.81. The number of amides is 1. The zero-order chi connectivity index (χ0) is 17.9. The third-order valence-corrected chi connectivity index (χ3v) is 5.45. The summed E-state index contributed by atoms with van der Waals surface area (Å²) in [4.78, 5) is 18.6. The number of nitrogens with one attached hydrogen (secondary N) is 1. The van der Waals surface area contributed by atoms with Gasteiger partial charge in [0.05, 0.1) is 10.6 Å². The fraction of sp³-hybridized carbons (Fsp3) is 0.444. The number of hydrogen-bond acceptors (Lipinski definition) is 5. The van der Waals surface area contributed by atoms with Gasteiger partial charge in [-0.25, -0.2) is 4.98 Å². The third-order valence-electron chi connectivity index (χ3n) is 4.47. The van der Waals surface area contributed by atoms with Gasteiger partial charge < -0.3 is 15.3 Å². The molecular weight excluding hydrogens is 358 g/mol. The Bertz CT molecular complexity index is 728. The Kier molecular flexibility index (Phi) is 5.61. The molecule has 0 radical (unpaired) electrons. The number of likely N-dealkylation sites (tertiary alicyclic amines) is 1. The van der Waals surface area contributed by atoms with Crippen LogP contribution in [0.5, 0.6) is 0 Å². The van der Waals surface area contributed by atoms with Crippen LogP contribution in [-0.2, 0) is 5.60 Å². The van der Waals surface area contributed by atoms with E-state index in [2.05, 4.69) is 10.3 Å². The number of aliphatic hydroxyl groups is 1. The highest BCUT2D eigenvalue weighted by Crippen LogP contribution is 2.26. The Balaban J connectivity index is 1.66. The van der Waals surface area contributed by atoms with Crippen molar-refractivity contribution in [3.05, 3.63) is 45.2 Å². The van der Waals surface area contributed by atoms with E-state index in [1.54, 1.807) is 19.2 Å². The lowest BCUT2D eigenvalue weighted by molar-refractivity contribution is 0.0713. The Morgan fingerprint density at radius 3 is 2.84 bits per heavy atom. The Hall–Kier alpha value is -1.63. The summed E-state index contributed by atoms with van der Waals surface area (Å²) in [6.45, 7) is 3.60. The summed E-state index contributed by atoms with van der Waals surface area (Å²) < 4.78 is 0. The third kappa shape index (κ3) is 4.32. The topological polar surface area (TPSA) is 65.5 Å². The van der Waals surface area contributed by atoms with E-state index in [1.165, 1.54) is 17.8 Å². The van der Waals surface area contributed by atoms with Gasteiger partial charge >= 0.3 is 0 Å². The predicted octanol–water partition coefficient (Wildman–Crippen LogP) is 3.74. The first-order valence-corrected chi connectivity index (χ1v) is 9.73. The van der Waals surface area contributed by atoms with Crippen LogP contribution in [0, 0.1) is 0 Å². The lowest BCUT2D eigenvalue weighted by Crippen LogP contribution is -2.35. The molecule has 1 atom stereocenters. The van der Waals surface area contributed by atoms with Gasteiger partial charge in [0.2, 0.25) is 0 Å². The minimum absolute atomic E-state index is 0.0223. The van der Waals surface area contributed by atoms with Crippen LogP contribution >= 0.6 is 22.9 Å². The van der Waals surface area contributed by atoms with Gasteiger partial charge in [0.15, 0.2) is 0 Å². The second kappa shape index (κ2) is 7.72. The molecule has 1 amide bonds. The minimum Gasteiger partial charge on any atom is -0.384 e. The van der Waals surface area contributed by atoms with Crippen molar-refractivity contribution in [1.82, 2.24) is 9.88 Å². The van der Waals surface area contributed by atoms with E-state index in [4.69, 9.17) is 11.6 Å². The normalized spacial score (nSPS) is 17.2. The van der Waals surface area contributed by atoms with Crippen molar-refractivity contribution in [3.63, 3.8) is 0 Å². The first kappa shape index (κ1) is 18.2. The van der Waals surface area contributed by atoms with Crippen LogP contribution < -0.4 is 5.32 Å². The number of carbonyl (C=O) groups excluding carboxylic acids is 1. The molecule has 3 heterocycles. The molecule has 2 N–H and O–H groups in total. The second-order valence-corrected chi connectivity index (χ2v) is 7.73. The van der Waals surface area contributed by atoms with Gasteiger partial charge in [0, 0.05) is 25.8 Å². The Morgan fingerprint density at radius 2 is 2.20 bits per heavy atom. The summed E-state index contributed by atoms with van der Waals surface area (Å²) in [6, 6.07) is 3.54. The maximum Gasteiger partial charge on any atom is 0.255 e. The monoisotopic (exact) mass is 379 g/mol. The molecule has 1 unspecified atom stereocenters. The zero-order valence-corrected chi connectivity index (χ0v) is 15.7. The number of aromatic nitrogens is 1. The lowest BCUT2D eigenvalue weighted by Gasteiger charge is -2.27. The molecule has 0 saturated carbocycles. The van der Waals surface area contributed by atoms with Gasteiger partial charge in [-0.3, -0.25) is 4.79 Å². The maximum absolute atomic E-state index is 12.5. The highest BCUT2D eigenvalue weighted by atomic mass is 35.5. The lowest BCUT2D eigenvalue weighted by atomic mass is 9.99. The van der Waals surface area contributed by atoms with Gasteiger partial charge in [-0.1, -0.05) is 11.6 Å². The standard InChI is InChI=1S/C18H22ClN3O2S/c1-18(24,14-5-8-25-11-14)12-21-16-15(19)9-13(10-20-16)17(23)22-6-3-2-4-7-22/h5,8-11,24H,2-4,6-7,12H2,1H3,(H,20,21). The van der Waals surface area contributed by atoms with Crippen molar-refractivity contribution < 1.29 is 9.90 Å².